The van der Waals surface area contributed by atoms with Crippen molar-refractivity contribution in [3.05, 3.63) is 53.3 Å². The Labute approximate surface area is 119 Å². The number of carbonyl (C=O) groups excluding carboxylic acids is 1. The molecule has 1 aromatic rings. The minimum absolute atomic E-state index is 0.250. The number of aliphatic imine (C=N–C) groups is 1. The maximum Gasteiger partial charge on any atom is 0.220 e. The first-order valence-corrected chi connectivity index (χ1v) is 6.86. The Morgan fingerprint density at radius 1 is 1.15 bits per heavy atom. The van der Waals surface area contributed by atoms with E-state index in [1.807, 2.05) is 19.1 Å². The molecule has 2 rings (SSSR count). The van der Waals surface area contributed by atoms with Crippen molar-refractivity contribution in [2.24, 2.45) is 4.99 Å². The van der Waals surface area contributed by atoms with Gasteiger partial charge in [0.1, 0.15) is 0 Å². The number of nitrogens with zero attached hydrogens (tertiary/aromatic N) is 1. The summed E-state index contributed by atoms with van der Waals surface area (Å²) in [5.74, 6) is -0.116. The molecule has 1 aromatic carbocycles. The average molecular weight is 269 g/mol. The first-order valence-electron chi connectivity index (χ1n) is 6.86. The maximum atomic E-state index is 11.4. The molecule has 0 aliphatic heterocycles. The predicted molar refractivity (Wildman–Crippen MR) is 81.7 cm³/mol. The molecule has 1 N–H and O–H groups in total. The molecular weight excluding hydrogens is 250 g/mol. The number of carbonyl (C=O) groups is 1. The van der Waals surface area contributed by atoms with Gasteiger partial charge in [0.05, 0.1) is 11.4 Å². The minimum Gasteiger partial charge on any atom is -0.504 e. The third kappa shape index (κ3) is 3.05. The third-order valence-corrected chi connectivity index (χ3v) is 3.35. The van der Waals surface area contributed by atoms with Gasteiger partial charge in [-0.05, 0) is 41.7 Å². The van der Waals surface area contributed by atoms with Gasteiger partial charge >= 0.3 is 0 Å². The van der Waals surface area contributed by atoms with Crippen molar-refractivity contribution < 1.29 is 9.90 Å². The highest BCUT2D eigenvalue weighted by Crippen LogP contribution is 2.22. The Bertz CT molecular complexity index is 604. The van der Waals surface area contributed by atoms with Crippen LogP contribution in [0.2, 0.25) is 0 Å². The molecule has 3 heteroatoms. The Morgan fingerprint density at radius 3 is 2.35 bits per heavy atom. The fourth-order valence-corrected chi connectivity index (χ4v) is 2.06. The van der Waals surface area contributed by atoms with E-state index in [2.05, 4.69) is 31.0 Å². The van der Waals surface area contributed by atoms with E-state index in [1.54, 1.807) is 0 Å². The number of hydrogen-bond acceptors (Lipinski definition) is 3. The van der Waals surface area contributed by atoms with Crippen LogP contribution < -0.4 is 0 Å². The molecule has 0 atom stereocenters. The molecule has 0 saturated carbocycles. The SMILES string of the molecule is CCC1=CC(=O)C(O)=C/C1=N\c1ccc(C(C)C)cc1. The Balaban J connectivity index is 2.34. The van der Waals surface area contributed by atoms with Crippen LogP contribution in [0.3, 0.4) is 0 Å². The van der Waals surface area contributed by atoms with Crippen LogP contribution >= 0.6 is 0 Å². The predicted octanol–water partition coefficient (Wildman–Crippen LogP) is 4.24. The molecular formula is C17H19NO2. The van der Waals surface area contributed by atoms with Crippen molar-refractivity contribution in [3.8, 4) is 0 Å². The molecule has 0 spiro atoms. The van der Waals surface area contributed by atoms with Crippen LogP contribution in [0.15, 0.2) is 52.7 Å². The summed E-state index contributed by atoms with van der Waals surface area (Å²) >= 11 is 0. The van der Waals surface area contributed by atoms with Gasteiger partial charge in [-0.15, -0.1) is 0 Å². The summed E-state index contributed by atoms with van der Waals surface area (Å²) in [6, 6.07) is 8.02. The second-order valence-corrected chi connectivity index (χ2v) is 5.16. The van der Waals surface area contributed by atoms with Gasteiger partial charge in [-0.3, -0.25) is 4.79 Å². The lowest BCUT2D eigenvalue weighted by atomic mass is 9.99. The van der Waals surface area contributed by atoms with Gasteiger partial charge in [0.25, 0.3) is 0 Å². The smallest absolute Gasteiger partial charge is 0.220 e. The van der Waals surface area contributed by atoms with Crippen LogP contribution in [-0.4, -0.2) is 16.6 Å². The van der Waals surface area contributed by atoms with Crippen LogP contribution in [0.5, 0.6) is 0 Å². The lowest BCUT2D eigenvalue weighted by molar-refractivity contribution is -0.113. The molecule has 1 aliphatic rings. The van der Waals surface area contributed by atoms with Crippen molar-refractivity contribution in [1.82, 2.24) is 0 Å². The van der Waals surface area contributed by atoms with Gasteiger partial charge < -0.3 is 5.11 Å². The summed E-state index contributed by atoms with van der Waals surface area (Å²) in [6.07, 6.45) is 3.60. The standard InChI is InChI=1S/C17H19NO2/c1-4-12-9-16(19)17(20)10-15(12)18-14-7-5-13(6-8-14)11(2)3/h5-11,20H,4H2,1-3H3/b18-15+. The summed E-state index contributed by atoms with van der Waals surface area (Å²) in [4.78, 5) is 15.9. The van der Waals surface area contributed by atoms with E-state index in [9.17, 15) is 9.90 Å². The number of rotatable bonds is 3. The van der Waals surface area contributed by atoms with Crippen molar-refractivity contribution in [3.63, 3.8) is 0 Å². The highest BCUT2D eigenvalue weighted by Gasteiger charge is 2.16. The van der Waals surface area contributed by atoms with Gasteiger partial charge in [0, 0.05) is 6.08 Å². The van der Waals surface area contributed by atoms with E-state index in [4.69, 9.17) is 0 Å². The van der Waals surface area contributed by atoms with Crippen molar-refractivity contribution >= 4 is 17.2 Å². The number of aliphatic hydroxyl groups excluding tert-OH is 1. The normalized spacial score (nSPS) is 17.4. The van der Waals surface area contributed by atoms with Crippen molar-refractivity contribution in [2.75, 3.05) is 0 Å². The summed E-state index contributed by atoms with van der Waals surface area (Å²) in [5, 5.41) is 9.54. The highest BCUT2D eigenvalue weighted by atomic mass is 16.3. The first kappa shape index (κ1) is 14.3. The van der Waals surface area contributed by atoms with Crippen molar-refractivity contribution in [2.45, 2.75) is 33.1 Å². The lowest BCUT2D eigenvalue weighted by Crippen LogP contribution is -2.12. The third-order valence-electron chi connectivity index (χ3n) is 3.35. The quantitative estimate of drug-likeness (QED) is 0.834. The monoisotopic (exact) mass is 269 g/mol. The number of aliphatic hydroxyl groups is 1. The number of allylic oxidation sites excluding steroid dienone is 3. The van der Waals surface area contributed by atoms with Crippen LogP contribution in [0.25, 0.3) is 0 Å². The molecule has 0 radical (unpaired) electrons. The lowest BCUT2D eigenvalue weighted by Gasteiger charge is -2.11. The van der Waals surface area contributed by atoms with Gasteiger partial charge in [0.2, 0.25) is 5.78 Å². The first-order chi connectivity index (χ1) is 9.51. The average Bonchev–Trinajstić information content (AvgIpc) is 2.43. The number of benzene rings is 1. The second-order valence-electron chi connectivity index (χ2n) is 5.16. The fourth-order valence-electron chi connectivity index (χ4n) is 2.06. The van der Waals surface area contributed by atoms with E-state index in [1.165, 1.54) is 17.7 Å². The topological polar surface area (TPSA) is 49.7 Å². The summed E-state index contributed by atoms with van der Waals surface area (Å²) in [5.41, 5.74) is 3.59. The molecule has 3 nitrogen and oxygen atoms in total. The second kappa shape index (κ2) is 5.87. The maximum absolute atomic E-state index is 11.4. The fraction of sp³-hybridized carbons (Fsp3) is 0.294. The summed E-state index contributed by atoms with van der Waals surface area (Å²) in [7, 11) is 0. The molecule has 20 heavy (non-hydrogen) atoms. The van der Waals surface area contributed by atoms with Crippen LogP contribution in [0, 0.1) is 0 Å². The molecule has 1 aliphatic carbocycles. The summed E-state index contributed by atoms with van der Waals surface area (Å²) < 4.78 is 0. The zero-order valence-electron chi connectivity index (χ0n) is 12.1. The van der Waals surface area contributed by atoms with Crippen LogP contribution in [-0.2, 0) is 4.79 Å². The molecule has 0 heterocycles. The van der Waals surface area contributed by atoms with E-state index in [-0.39, 0.29) is 11.5 Å². The van der Waals surface area contributed by atoms with Crippen molar-refractivity contribution in [1.29, 1.82) is 0 Å². The molecule has 0 fully saturated rings. The molecule has 104 valence electrons. The van der Waals surface area contributed by atoms with Crippen LogP contribution in [0.4, 0.5) is 5.69 Å². The number of hydrogen-bond donors (Lipinski definition) is 1. The van der Waals surface area contributed by atoms with Gasteiger partial charge in [-0.25, -0.2) is 4.99 Å². The Morgan fingerprint density at radius 2 is 1.80 bits per heavy atom. The van der Waals surface area contributed by atoms with E-state index < -0.39 is 0 Å². The number of ketones is 1. The molecule has 0 saturated heterocycles. The van der Waals surface area contributed by atoms with Gasteiger partial charge in [-0.1, -0.05) is 32.9 Å². The minimum atomic E-state index is -0.351. The zero-order valence-corrected chi connectivity index (χ0v) is 12.1. The van der Waals surface area contributed by atoms with Crippen LogP contribution in [0.1, 0.15) is 38.7 Å². The molecule has 0 bridgehead atoms. The molecule has 0 amide bonds. The Hall–Kier alpha value is -2.16. The molecule has 0 aromatic heterocycles. The van der Waals surface area contributed by atoms with Gasteiger partial charge in [-0.2, -0.15) is 0 Å². The largest absolute Gasteiger partial charge is 0.504 e. The Kier molecular flexibility index (Phi) is 4.18. The summed E-state index contributed by atoms with van der Waals surface area (Å²) in [6.45, 7) is 6.26. The molecule has 0 unspecified atom stereocenters. The van der Waals surface area contributed by atoms with E-state index >= 15 is 0 Å². The highest BCUT2D eigenvalue weighted by molar-refractivity contribution is 6.21. The van der Waals surface area contributed by atoms with E-state index in [0.717, 1.165) is 11.3 Å². The van der Waals surface area contributed by atoms with Gasteiger partial charge in [0.15, 0.2) is 5.76 Å². The van der Waals surface area contributed by atoms with E-state index in [0.29, 0.717) is 18.1 Å². The zero-order chi connectivity index (χ0) is 14.7.